The molecule has 1 atom stereocenters. The van der Waals surface area contributed by atoms with Crippen molar-refractivity contribution in [3.8, 4) is 0 Å². The molecule has 1 aliphatic carbocycles. The van der Waals surface area contributed by atoms with Gasteiger partial charge in [-0.1, -0.05) is 40.8 Å². The number of hydrogen-bond donors (Lipinski definition) is 1. The van der Waals surface area contributed by atoms with E-state index < -0.39 is 0 Å². The molecule has 2 heteroatoms. The Labute approximate surface area is 94.1 Å². The van der Waals surface area contributed by atoms with Crippen molar-refractivity contribution in [2.24, 2.45) is 5.92 Å². The minimum absolute atomic E-state index is 0.591. The highest BCUT2D eigenvalue weighted by molar-refractivity contribution is 14.1. The van der Waals surface area contributed by atoms with Crippen molar-refractivity contribution < 1.29 is 0 Å². The van der Waals surface area contributed by atoms with E-state index in [1.165, 1.54) is 22.1 Å². The Morgan fingerprint density at radius 3 is 2.92 bits per heavy atom. The topological polar surface area (TPSA) is 12.0 Å². The maximum Gasteiger partial charge on any atom is 0.0305 e. The molecular weight excluding hydrogens is 273 g/mol. The van der Waals surface area contributed by atoms with Gasteiger partial charge in [0.05, 0.1) is 0 Å². The molecule has 1 N–H and O–H groups in total. The van der Waals surface area contributed by atoms with Crippen molar-refractivity contribution in [3.63, 3.8) is 0 Å². The molecule has 0 heterocycles. The standard InChI is InChI=1S/C11H16IN/c1-9-3-4-10(5-6-12)8-11(7-9)13-2/h3-4,7-8,10,13H,5-6H2,1-2H3. The average Bonchev–Trinajstić information content (AvgIpc) is 2.29. The van der Waals surface area contributed by atoms with Gasteiger partial charge >= 0.3 is 0 Å². The third-order valence-electron chi connectivity index (χ3n) is 2.11. The van der Waals surface area contributed by atoms with Crippen LogP contribution in [0.3, 0.4) is 0 Å². The van der Waals surface area contributed by atoms with Crippen molar-refractivity contribution in [2.45, 2.75) is 13.3 Å². The zero-order valence-corrected chi connectivity index (χ0v) is 10.3. The second kappa shape index (κ2) is 5.47. The Balaban J connectivity index is 2.76. The number of allylic oxidation sites excluding steroid dienone is 5. The lowest BCUT2D eigenvalue weighted by Gasteiger charge is -2.06. The van der Waals surface area contributed by atoms with Crippen LogP contribution in [0.2, 0.25) is 0 Å². The van der Waals surface area contributed by atoms with Crippen LogP contribution in [0.25, 0.3) is 0 Å². The van der Waals surface area contributed by atoms with Crippen LogP contribution in [0.4, 0.5) is 0 Å². The minimum Gasteiger partial charge on any atom is -0.388 e. The number of halogens is 1. The van der Waals surface area contributed by atoms with Gasteiger partial charge in [-0.15, -0.1) is 0 Å². The highest BCUT2D eigenvalue weighted by Crippen LogP contribution is 2.17. The Hall–Kier alpha value is -0.250. The summed E-state index contributed by atoms with van der Waals surface area (Å²) in [6.45, 7) is 2.13. The number of hydrogen-bond acceptors (Lipinski definition) is 1. The summed E-state index contributed by atoms with van der Waals surface area (Å²) in [5, 5.41) is 3.20. The quantitative estimate of drug-likeness (QED) is 0.622. The van der Waals surface area contributed by atoms with Gasteiger partial charge in [0, 0.05) is 17.2 Å². The van der Waals surface area contributed by atoms with E-state index in [4.69, 9.17) is 0 Å². The fourth-order valence-electron chi connectivity index (χ4n) is 1.36. The molecule has 0 aromatic heterocycles. The maximum atomic E-state index is 3.20. The monoisotopic (exact) mass is 289 g/mol. The summed E-state index contributed by atoms with van der Waals surface area (Å²) in [6, 6.07) is 0. The molecule has 0 radical (unpaired) electrons. The van der Waals surface area contributed by atoms with Gasteiger partial charge < -0.3 is 5.32 Å². The maximum absolute atomic E-state index is 3.20. The summed E-state index contributed by atoms with van der Waals surface area (Å²) in [5.74, 6) is 0.591. The Kier molecular flexibility index (Phi) is 4.56. The van der Waals surface area contributed by atoms with E-state index in [9.17, 15) is 0 Å². The van der Waals surface area contributed by atoms with Gasteiger partial charge in [0.2, 0.25) is 0 Å². The molecule has 1 unspecified atom stereocenters. The third kappa shape index (κ3) is 3.55. The summed E-state index contributed by atoms with van der Waals surface area (Å²) >= 11 is 2.43. The van der Waals surface area contributed by atoms with Gasteiger partial charge in [-0.05, 0) is 30.9 Å². The summed E-state index contributed by atoms with van der Waals surface area (Å²) < 4.78 is 1.21. The van der Waals surface area contributed by atoms with Crippen molar-refractivity contribution in [1.29, 1.82) is 0 Å². The zero-order valence-electron chi connectivity index (χ0n) is 8.18. The molecule has 1 aliphatic rings. The van der Waals surface area contributed by atoms with E-state index in [2.05, 4.69) is 59.1 Å². The Morgan fingerprint density at radius 1 is 1.54 bits per heavy atom. The van der Waals surface area contributed by atoms with E-state index >= 15 is 0 Å². The summed E-state index contributed by atoms with van der Waals surface area (Å²) in [5.41, 5.74) is 2.55. The highest BCUT2D eigenvalue weighted by atomic mass is 127. The van der Waals surface area contributed by atoms with Crippen molar-refractivity contribution in [1.82, 2.24) is 5.32 Å². The summed E-state index contributed by atoms with van der Waals surface area (Å²) in [6.07, 6.45) is 10.2. The first-order chi connectivity index (χ1) is 6.26. The van der Waals surface area contributed by atoms with Crippen molar-refractivity contribution in [2.75, 3.05) is 11.5 Å². The van der Waals surface area contributed by atoms with Gasteiger partial charge in [-0.25, -0.2) is 0 Å². The molecule has 0 fully saturated rings. The first kappa shape index (κ1) is 10.8. The number of rotatable bonds is 3. The largest absolute Gasteiger partial charge is 0.388 e. The lowest BCUT2D eigenvalue weighted by Crippen LogP contribution is -2.05. The predicted octanol–water partition coefficient (Wildman–Crippen LogP) is 3.05. The lowest BCUT2D eigenvalue weighted by molar-refractivity contribution is 0.779. The van der Waals surface area contributed by atoms with Gasteiger partial charge in [-0.2, -0.15) is 0 Å². The normalized spacial score (nSPS) is 21.9. The van der Waals surface area contributed by atoms with E-state index in [0.29, 0.717) is 5.92 Å². The average molecular weight is 289 g/mol. The van der Waals surface area contributed by atoms with Crippen LogP contribution < -0.4 is 5.32 Å². The van der Waals surface area contributed by atoms with E-state index in [1.54, 1.807) is 0 Å². The molecule has 0 aromatic carbocycles. The molecular formula is C11H16IN. The third-order valence-corrected chi connectivity index (χ3v) is 2.74. The molecule has 0 saturated carbocycles. The van der Waals surface area contributed by atoms with Crippen molar-refractivity contribution >= 4 is 22.6 Å². The molecule has 0 aromatic rings. The highest BCUT2D eigenvalue weighted by Gasteiger charge is 2.04. The number of alkyl halides is 1. The van der Waals surface area contributed by atoms with Gasteiger partial charge in [0.15, 0.2) is 0 Å². The second-order valence-corrected chi connectivity index (χ2v) is 4.34. The van der Waals surface area contributed by atoms with Gasteiger partial charge in [0.25, 0.3) is 0 Å². The predicted molar refractivity (Wildman–Crippen MR) is 67.0 cm³/mol. The van der Waals surface area contributed by atoms with E-state index in [-0.39, 0.29) is 0 Å². The molecule has 72 valence electrons. The molecule has 1 nitrogen and oxygen atoms in total. The smallest absolute Gasteiger partial charge is 0.0305 e. The van der Waals surface area contributed by atoms with Gasteiger partial charge in [0.1, 0.15) is 0 Å². The van der Waals surface area contributed by atoms with Crippen LogP contribution >= 0.6 is 22.6 Å². The SMILES string of the molecule is CNC1=CC(CCI)C=CC(C)=C1. The Bertz CT molecular complexity index is 251. The van der Waals surface area contributed by atoms with E-state index in [1.807, 2.05) is 7.05 Å². The summed E-state index contributed by atoms with van der Waals surface area (Å²) in [7, 11) is 1.97. The molecule has 0 aliphatic heterocycles. The molecule has 13 heavy (non-hydrogen) atoms. The van der Waals surface area contributed by atoms with Crippen LogP contribution in [-0.4, -0.2) is 11.5 Å². The first-order valence-corrected chi connectivity index (χ1v) is 6.11. The molecule has 0 spiro atoms. The fourth-order valence-corrected chi connectivity index (χ4v) is 2.08. The van der Waals surface area contributed by atoms with Crippen LogP contribution in [-0.2, 0) is 0 Å². The summed E-state index contributed by atoms with van der Waals surface area (Å²) in [4.78, 5) is 0. The molecule has 1 rings (SSSR count). The van der Waals surface area contributed by atoms with Crippen LogP contribution in [0, 0.1) is 5.92 Å². The number of likely N-dealkylation sites (N-methyl/N-ethyl adjacent to an activating group) is 1. The van der Waals surface area contributed by atoms with Crippen LogP contribution in [0.5, 0.6) is 0 Å². The first-order valence-electron chi connectivity index (χ1n) is 4.58. The fraction of sp³-hybridized carbons (Fsp3) is 0.455. The number of nitrogens with one attached hydrogen (secondary N) is 1. The molecule has 0 bridgehead atoms. The lowest BCUT2D eigenvalue weighted by atomic mass is 10.1. The van der Waals surface area contributed by atoms with Crippen LogP contribution in [0.1, 0.15) is 13.3 Å². The van der Waals surface area contributed by atoms with E-state index in [0.717, 1.165) is 0 Å². The van der Waals surface area contributed by atoms with Gasteiger partial charge in [-0.3, -0.25) is 0 Å². The minimum atomic E-state index is 0.591. The molecule has 0 amide bonds. The zero-order chi connectivity index (χ0) is 9.68. The van der Waals surface area contributed by atoms with Crippen molar-refractivity contribution in [3.05, 3.63) is 35.6 Å². The second-order valence-electron chi connectivity index (χ2n) is 3.26. The Morgan fingerprint density at radius 2 is 2.31 bits per heavy atom. The molecule has 0 saturated heterocycles. The van der Waals surface area contributed by atoms with Crippen LogP contribution in [0.15, 0.2) is 35.6 Å².